The molecule has 0 saturated carbocycles. The van der Waals surface area contributed by atoms with Crippen LogP contribution in [0.25, 0.3) is 5.69 Å². The summed E-state index contributed by atoms with van der Waals surface area (Å²) in [7, 11) is 1.66. The van der Waals surface area contributed by atoms with Gasteiger partial charge in [0.05, 0.1) is 12.8 Å². The van der Waals surface area contributed by atoms with Gasteiger partial charge in [-0.1, -0.05) is 19.4 Å². The van der Waals surface area contributed by atoms with Gasteiger partial charge in [-0.05, 0) is 18.6 Å². The Hall–Kier alpha value is -1.84. The van der Waals surface area contributed by atoms with E-state index >= 15 is 0 Å². The molecule has 0 N–H and O–H groups in total. The van der Waals surface area contributed by atoms with Gasteiger partial charge in [-0.2, -0.15) is 5.10 Å². The van der Waals surface area contributed by atoms with Crippen molar-refractivity contribution in [1.29, 1.82) is 0 Å². The summed E-state index contributed by atoms with van der Waals surface area (Å²) < 4.78 is 6.97. The fourth-order valence-corrected chi connectivity index (χ4v) is 1.62. The molecular weight excluding hydrogens is 214 g/mol. The number of nitrogens with zero attached hydrogens (tertiary/aromatic N) is 3. The lowest BCUT2D eigenvalue weighted by atomic mass is 10.2. The molecular formula is C13H17N3O. The molecule has 0 aliphatic carbocycles. The summed E-state index contributed by atoms with van der Waals surface area (Å²) in [4.78, 5) is 4.30. The Balaban J connectivity index is 2.18. The van der Waals surface area contributed by atoms with Crippen molar-refractivity contribution in [3.05, 3.63) is 36.4 Å². The van der Waals surface area contributed by atoms with Crippen LogP contribution in [0.4, 0.5) is 0 Å². The zero-order valence-electron chi connectivity index (χ0n) is 10.3. The molecule has 0 amide bonds. The number of rotatable bonds is 5. The van der Waals surface area contributed by atoms with E-state index in [0.29, 0.717) is 0 Å². The highest BCUT2D eigenvalue weighted by molar-refractivity contribution is 5.38. The standard InChI is InChI=1S/C13H17N3O/c1-3-4-8-13-14-10-16(15-13)11-6-5-7-12(9-11)17-2/h5-7,9-10H,3-4,8H2,1-2H3. The molecule has 0 radical (unpaired) electrons. The summed E-state index contributed by atoms with van der Waals surface area (Å²) in [5.74, 6) is 1.72. The van der Waals surface area contributed by atoms with E-state index in [-0.39, 0.29) is 0 Å². The minimum absolute atomic E-state index is 0.827. The molecule has 0 aliphatic rings. The minimum atomic E-state index is 0.827. The first-order chi connectivity index (χ1) is 8.33. The molecule has 0 aliphatic heterocycles. The molecule has 0 bridgehead atoms. The monoisotopic (exact) mass is 231 g/mol. The molecule has 17 heavy (non-hydrogen) atoms. The Morgan fingerprint density at radius 3 is 3.00 bits per heavy atom. The van der Waals surface area contributed by atoms with Gasteiger partial charge in [-0.25, -0.2) is 9.67 Å². The maximum atomic E-state index is 5.19. The van der Waals surface area contributed by atoms with Crippen molar-refractivity contribution in [2.75, 3.05) is 7.11 Å². The van der Waals surface area contributed by atoms with Crippen molar-refractivity contribution in [2.45, 2.75) is 26.2 Å². The molecule has 2 rings (SSSR count). The second-order valence-corrected chi connectivity index (χ2v) is 3.91. The van der Waals surface area contributed by atoms with Crippen molar-refractivity contribution in [3.8, 4) is 11.4 Å². The molecule has 1 heterocycles. The van der Waals surface area contributed by atoms with E-state index in [1.54, 1.807) is 18.1 Å². The summed E-state index contributed by atoms with van der Waals surface area (Å²) in [6.45, 7) is 2.17. The second kappa shape index (κ2) is 5.48. The van der Waals surface area contributed by atoms with Crippen LogP contribution in [0.3, 0.4) is 0 Å². The van der Waals surface area contributed by atoms with Crippen LogP contribution >= 0.6 is 0 Å². The number of aryl methyl sites for hydroxylation is 1. The fourth-order valence-electron chi connectivity index (χ4n) is 1.62. The molecule has 0 atom stereocenters. The van der Waals surface area contributed by atoms with E-state index in [1.165, 1.54) is 0 Å². The highest BCUT2D eigenvalue weighted by Crippen LogP contribution is 2.15. The van der Waals surface area contributed by atoms with Crippen molar-refractivity contribution in [2.24, 2.45) is 0 Å². The van der Waals surface area contributed by atoms with Crippen LogP contribution in [-0.2, 0) is 6.42 Å². The maximum Gasteiger partial charge on any atom is 0.151 e. The molecule has 1 aromatic heterocycles. The van der Waals surface area contributed by atoms with Gasteiger partial charge >= 0.3 is 0 Å². The van der Waals surface area contributed by atoms with Gasteiger partial charge in [-0.3, -0.25) is 0 Å². The first-order valence-electron chi connectivity index (χ1n) is 5.88. The van der Waals surface area contributed by atoms with E-state index in [0.717, 1.165) is 36.5 Å². The molecule has 90 valence electrons. The third kappa shape index (κ3) is 2.84. The van der Waals surface area contributed by atoms with E-state index in [1.807, 2.05) is 24.3 Å². The fraction of sp³-hybridized carbons (Fsp3) is 0.385. The molecule has 0 unspecified atom stereocenters. The number of benzene rings is 1. The smallest absolute Gasteiger partial charge is 0.151 e. The first kappa shape index (κ1) is 11.6. The van der Waals surface area contributed by atoms with Crippen molar-refractivity contribution < 1.29 is 4.74 Å². The SMILES string of the molecule is CCCCc1ncn(-c2cccc(OC)c2)n1. The largest absolute Gasteiger partial charge is 0.497 e. The van der Waals surface area contributed by atoms with Gasteiger partial charge in [0.1, 0.15) is 12.1 Å². The maximum absolute atomic E-state index is 5.19. The van der Waals surface area contributed by atoms with Gasteiger partial charge in [0.2, 0.25) is 0 Å². The number of aromatic nitrogens is 3. The number of hydrogen-bond donors (Lipinski definition) is 0. The van der Waals surface area contributed by atoms with Crippen LogP contribution < -0.4 is 4.74 Å². The predicted octanol–water partition coefficient (Wildman–Crippen LogP) is 2.62. The summed E-state index contributed by atoms with van der Waals surface area (Å²) in [5, 5.41) is 4.44. The zero-order valence-corrected chi connectivity index (χ0v) is 10.3. The average Bonchev–Trinajstić information content (AvgIpc) is 2.85. The van der Waals surface area contributed by atoms with Crippen molar-refractivity contribution in [1.82, 2.24) is 14.8 Å². The lowest BCUT2D eigenvalue weighted by Gasteiger charge is -2.03. The van der Waals surface area contributed by atoms with Gasteiger partial charge in [0.25, 0.3) is 0 Å². The Bertz CT molecular complexity index is 479. The van der Waals surface area contributed by atoms with Crippen LogP contribution in [0, 0.1) is 0 Å². The molecule has 2 aromatic rings. The van der Waals surface area contributed by atoms with E-state index in [9.17, 15) is 0 Å². The minimum Gasteiger partial charge on any atom is -0.497 e. The highest BCUT2D eigenvalue weighted by Gasteiger charge is 2.03. The second-order valence-electron chi connectivity index (χ2n) is 3.91. The predicted molar refractivity (Wildman–Crippen MR) is 66.5 cm³/mol. The Morgan fingerprint density at radius 2 is 2.24 bits per heavy atom. The first-order valence-corrected chi connectivity index (χ1v) is 5.88. The topological polar surface area (TPSA) is 39.9 Å². The molecule has 4 nitrogen and oxygen atoms in total. The van der Waals surface area contributed by atoms with E-state index in [2.05, 4.69) is 17.0 Å². The Morgan fingerprint density at radius 1 is 1.35 bits per heavy atom. The summed E-state index contributed by atoms with van der Waals surface area (Å²) >= 11 is 0. The quantitative estimate of drug-likeness (QED) is 0.794. The van der Waals surface area contributed by atoms with Crippen LogP contribution in [-0.4, -0.2) is 21.9 Å². The number of unbranched alkanes of at least 4 members (excludes halogenated alkanes) is 1. The molecule has 0 spiro atoms. The number of ether oxygens (including phenoxy) is 1. The van der Waals surface area contributed by atoms with Crippen LogP contribution in [0.2, 0.25) is 0 Å². The van der Waals surface area contributed by atoms with E-state index < -0.39 is 0 Å². The lowest BCUT2D eigenvalue weighted by Crippen LogP contribution is -1.97. The lowest BCUT2D eigenvalue weighted by molar-refractivity contribution is 0.414. The van der Waals surface area contributed by atoms with Gasteiger partial charge in [0, 0.05) is 12.5 Å². The molecule has 0 fully saturated rings. The Labute approximate surface area is 101 Å². The molecule has 0 saturated heterocycles. The molecule has 4 heteroatoms. The number of hydrogen-bond acceptors (Lipinski definition) is 3. The summed E-state index contributed by atoms with van der Waals surface area (Å²) in [6, 6.07) is 7.79. The number of methoxy groups -OCH3 is 1. The Kier molecular flexibility index (Phi) is 3.75. The summed E-state index contributed by atoms with van der Waals surface area (Å²) in [6.07, 6.45) is 4.98. The van der Waals surface area contributed by atoms with Crippen LogP contribution in [0.15, 0.2) is 30.6 Å². The third-order valence-electron chi connectivity index (χ3n) is 2.61. The normalized spacial score (nSPS) is 10.5. The third-order valence-corrected chi connectivity index (χ3v) is 2.61. The van der Waals surface area contributed by atoms with Crippen molar-refractivity contribution in [3.63, 3.8) is 0 Å². The van der Waals surface area contributed by atoms with Gasteiger partial charge < -0.3 is 4.74 Å². The summed E-state index contributed by atoms with van der Waals surface area (Å²) in [5.41, 5.74) is 0.972. The highest BCUT2D eigenvalue weighted by atomic mass is 16.5. The van der Waals surface area contributed by atoms with Gasteiger partial charge in [-0.15, -0.1) is 0 Å². The van der Waals surface area contributed by atoms with E-state index in [4.69, 9.17) is 4.74 Å². The van der Waals surface area contributed by atoms with Crippen LogP contribution in [0.5, 0.6) is 5.75 Å². The zero-order chi connectivity index (χ0) is 12.1. The van der Waals surface area contributed by atoms with Crippen LogP contribution in [0.1, 0.15) is 25.6 Å². The van der Waals surface area contributed by atoms with Gasteiger partial charge in [0.15, 0.2) is 5.82 Å². The van der Waals surface area contributed by atoms with Crippen molar-refractivity contribution >= 4 is 0 Å². The average molecular weight is 231 g/mol. The molecule has 1 aromatic carbocycles.